The number of anilines is 1. The highest BCUT2D eigenvalue weighted by Crippen LogP contribution is 2.32. The third-order valence-corrected chi connectivity index (χ3v) is 5.04. The quantitative estimate of drug-likeness (QED) is 0.409. The van der Waals surface area contributed by atoms with E-state index in [1.54, 1.807) is 12.1 Å². The van der Waals surface area contributed by atoms with E-state index in [0.29, 0.717) is 5.56 Å². The minimum Gasteiger partial charge on any atom is -0.321 e. The van der Waals surface area contributed by atoms with E-state index in [-0.39, 0.29) is 5.91 Å². The number of nitrogens with one attached hydrogen (secondary N) is 1. The molecule has 0 aliphatic carbocycles. The summed E-state index contributed by atoms with van der Waals surface area (Å²) in [7, 11) is 0. The molecule has 5 heteroatoms. The van der Waals surface area contributed by atoms with E-state index in [1.165, 1.54) is 0 Å². The highest BCUT2D eigenvalue weighted by Gasteiger charge is 2.11. The lowest BCUT2D eigenvalue weighted by Crippen LogP contribution is -2.12. The standard InChI is InChI=1S/C19H12Br3NO/c20-14-5-1-12(2-6-14)17-10-9-16(22)11-18(17)23-19(24)13-3-7-15(21)8-4-13/h1-11H,(H,23,24). The Labute approximate surface area is 165 Å². The SMILES string of the molecule is O=C(Nc1cc(Br)ccc1-c1ccc(Br)cc1)c1ccc(Br)cc1. The number of halogens is 3. The Kier molecular flexibility index (Phi) is 5.54. The topological polar surface area (TPSA) is 29.1 Å². The maximum absolute atomic E-state index is 12.5. The molecule has 24 heavy (non-hydrogen) atoms. The van der Waals surface area contributed by atoms with Gasteiger partial charge in [-0.3, -0.25) is 4.79 Å². The van der Waals surface area contributed by atoms with Crippen molar-refractivity contribution in [2.45, 2.75) is 0 Å². The van der Waals surface area contributed by atoms with Gasteiger partial charge in [0.2, 0.25) is 0 Å². The first kappa shape index (κ1) is 17.4. The lowest BCUT2D eigenvalue weighted by molar-refractivity contribution is 0.102. The van der Waals surface area contributed by atoms with Crippen LogP contribution in [-0.2, 0) is 0 Å². The molecule has 0 bridgehead atoms. The molecule has 0 fully saturated rings. The molecule has 3 rings (SSSR count). The summed E-state index contributed by atoms with van der Waals surface area (Å²) in [5.74, 6) is -0.140. The minimum atomic E-state index is -0.140. The molecule has 3 aromatic carbocycles. The minimum absolute atomic E-state index is 0.140. The van der Waals surface area contributed by atoms with Crippen molar-refractivity contribution < 1.29 is 4.79 Å². The Hall–Kier alpha value is -1.43. The molecule has 0 saturated carbocycles. The number of benzene rings is 3. The van der Waals surface area contributed by atoms with E-state index in [0.717, 1.165) is 30.2 Å². The average Bonchev–Trinajstić information content (AvgIpc) is 2.57. The largest absolute Gasteiger partial charge is 0.321 e. The first-order chi connectivity index (χ1) is 11.5. The van der Waals surface area contributed by atoms with Crippen molar-refractivity contribution in [3.8, 4) is 11.1 Å². The Morgan fingerprint density at radius 3 is 1.88 bits per heavy atom. The van der Waals surface area contributed by atoms with Crippen molar-refractivity contribution in [3.05, 3.63) is 85.7 Å². The predicted molar refractivity (Wildman–Crippen MR) is 109 cm³/mol. The molecule has 1 amide bonds. The van der Waals surface area contributed by atoms with Gasteiger partial charge in [0, 0.05) is 30.2 Å². The third-order valence-electron chi connectivity index (χ3n) is 3.49. The van der Waals surface area contributed by atoms with Crippen LogP contribution in [0.25, 0.3) is 11.1 Å². The number of carbonyl (C=O) groups excluding carboxylic acids is 1. The van der Waals surface area contributed by atoms with Crippen LogP contribution in [0.4, 0.5) is 5.69 Å². The number of rotatable bonds is 3. The Bertz CT molecular complexity index is 874. The third kappa shape index (κ3) is 4.15. The molecule has 0 aliphatic rings. The summed E-state index contributed by atoms with van der Waals surface area (Å²) in [5.41, 5.74) is 3.38. The highest BCUT2D eigenvalue weighted by atomic mass is 79.9. The zero-order chi connectivity index (χ0) is 17.1. The molecule has 0 atom stereocenters. The average molecular weight is 510 g/mol. The Morgan fingerprint density at radius 1 is 0.708 bits per heavy atom. The maximum atomic E-state index is 12.5. The van der Waals surface area contributed by atoms with E-state index in [1.807, 2.05) is 54.6 Å². The van der Waals surface area contributed by atoms with Crippen molar-refractivity contribution in [2.24, 2.45) is 0 Å². The predicted octanol–water partition coefficient (Wildman–Crippen LogP) is 6.89. The first-order valence-electron chi connectivity index (χ1n) is 7.15. The normalized spacial score (nSPS) is 10.5. The van der Waals surface area contributed by atoms with Crippen LogP contribution in [0.1, 0.15) is 10.4 Å². The highest BCUT2D eigenvalue weighted by molar-refractivity contribution is 9.11. The van der Waals surface area contributed by atoms with Gasteiger partial charge in [-0.1, -0.05) is 66.0 Å². The van der Waals surface area contributed by atoms with Gasteiger partial charge < -0.3 is 5.32 Å². The second-order valence-corrected chi connectivity index (χ2v) is 7.90. The summed E-state index contributed by atoms with van der Waals surface area (Å²) in [6.45, 7) is 0. The zero-order valence-electron chi connectivity index (χ0n) is 12.4. The molecule has 120 valence electrons. The van der Waals surface area contributed by atoms with Crippen molar-refractivity contribution in [3.63, 3.8) is 0 Å². The van der Waals surface area contributed by atoms with Crippen LogP contribution in [0, 0.1) is 0 Å². The van der Waals surface area contributed by atoms with Gasteiger partial charge in [-0.25, -0.2) is 0 Å². The van der Waals surface area contributed by atoms with Gasteiger partial charge in [0.25, 0.3) is 5.91 Å². The molecule has 2 nitrogen and oxygen atoms in total. The second-order valence-electron chi connectivity index (χ2n) is 5.16. The molecule has 0 radical (unpaired) electrons. The number of amides is 1. The first-order valence-corrected chi connectivity index (χ1v) is 9.53. The fraction of sp³-hybridized carbons (Fsp3) is 0. The van der Waals surface area contributed by atoms with Gasteiger partial charge in [-0.15, -0.1) is 0 Å². The summed E-state index contributed by atoms with van der Waals surface area (Å²) in [6.07, 6.45) is 0. The van der Waals surface area contributed by atoms with E-state index >= 15 is 0 Å². The van der Waals surface area contributed by atoms with E-state index in [2.05, 4.69) is 53.1 Å². The second kappa shape index (κ2) is 7.64. The van der Waals surface area contributed by atoms with Crippen LogP contribution in [0.15, 0.2) is 80.1 Å². The zero-order valence-corrected chi connectivity index (χ0v) is 17.2. The summed E-state index contributed by atoms with van der Waals surface area (Å²) in [6, 6.07) is 21.1. The van der Waals surface area contributed by atoms with Crippen molar-refractivity contribution in [1.82, 2.24) is 0 Å². The fourth-order valence-corrected chi connectivity index (χ4v) is 3.19. The summed E-state index contributed by atoms with van der Waals surface area (Å²) >= 11 is 10.3. The van der Waals surface area contributed by atoms with E-state index < -0.39 is 0 Å². The molecule has 0 heterocycles. The van der Waals surface area contributed by atoms with Crippen molar-refractivity contribution >= 4 is 59.4 Å². The van der Waals surface area contributed by atoms with Gasteiger partial charge in [-0.05, 0) is 54.1 Å². The molecular weight excluding hydrogens is 498 g/mol. The molecule has 0 unspecified atom stereocenters. The molecular formula is C19H12Br3NO. The molecule has 0 aliphatic heterocycles. The fourth-order valence-electron chi connectivity index (χ4n) is 2.30. The van der Waals surface area contributed by atoms with Crippen molar-refractivity contribution in [2.75, 3.05) is 5.32 Å². The van der Waals surface area contributed by atoms with Crippen LogP contribution in [-0.4, -0.2) is 5.91 Å². The van der Waals surface area contributed by atoms with Gasteiger partial charge in [-0.2, -0.15) is 0 Å². The lowest BCUT2D eigenvalue weighted by Gasteiger charge is -2.12. The summed E-state index contributed by atoms with van der Waals surface area (Å²) in [5, 5.41) is 3.00. The number of carbonyl (C=O) groups is 1. The van der Waals surface area contributed by atoms with Gasteiger partial charge in [0.05, 0.1) is 0 Å². The summed E-state index contributed by atoms with van der Waals surface area (Å²) < 4.78 is 2.87. The monoisotopic (exact) mass is 507 g/mol. The van der Waals surface area contributed by atoms with E-state index in [4.69, 9.17) is 0 Å². The van der Waals surface area contributed by atoms with Gasteiger partial charge >= 0.3 is 0 Å². The van der Waals surface area contributed by atoms with Crippen LogP contribution < -0.4 is 5.32 Å². The molecule has 3 aromatic rings. The van der Waals surface area contributed by atoms with Crippen LogP contribution >= 0.6 is 47.8 Å². The van der Waals surface area contributed by atoms with Crippen LogP contribution in [0.5, 0.6) is 0 Å². The van der Waals surface area contributed by atoms with Gasteiger partial charge in [0.15, 0.2) is 0 Å². The molecule has 0 saturated heterocycles. The Morgan fingerprint density at radius 2 is 1.25 bits per heavy atom. The van der Waals surface area contributed by atoms with Crippen molar-refractivity contribution in [1.29, 1.82) is 0 Å². The molecule has 0 aromatic heterocycles. The van der Waals surface area contributed by atoms with Gasteiger partial charge in [0.1, 0.15) is 0 Å². The lowest BCUT2D eigenvalue weighted by atomic mass is 10.0. The van der Waals surface area contributed by atoms with E-state index in [9.17, 15) is 4.79 Å². The Balaban J connectivity index is 1.95. The maximum Gasteiger partial charge on any atom is 0.255 e. The smallest absolute Gasteiger partial charge is 0.255 e. The van der Waals surface area contributed by atoms with Crippen LogP contribution in [0.2, 0.25) is 0 Å². The van der Waals surface area contributed by atoms with Crippen LogP contribution in [0.3, 0.4) is 0 Å². The molecule has 0 spiro atoms. The number of hydrogen-bond acceptors (Lipinski definition) is 1. The number of hydrogen-bond donors (Lipinski definition) is 1. The molecule has 1 N–H and O–H groups in total. The summed E-state index contributed by atoms with van der Waals surface area (Å²) in [4.78, 5) is 12.5.